The van der Waals surface area contributed by atoms with Gasteiger partial charge in [0.1, 0.15) is 11.4 Å². The Hall–Kier alpha value is -4.40. The fraction of sp³-hybridized carbons (Fsp3) is 0.300. The minimum absolute atomic E-state index is 0.240. The number of nitrogens with zero attached hydrogens (tertiary/aromatic N) is 2. The van der Waals surface area contributed by atoms with Gasteiger partial charge in [0.2, 0.25) is 5.91 Å². The highest BCUT2D eigenvalue weighted by Gasteiger charge is 2.65. The van der Waals surface area contributed by atoms with Crippen LogP contribution >= 0.6 is 0 Å². The average Bonchev–Trinajstić information content (AvgIpc) is 3.72. The summed E-state index contributed by atoms with van der Waals surface area (Å²) in [7, 11) is 0. The normalized spacial score (nSPS) is 24.4. The molecule has 9 heteroatoms. The number of aryl methyl sites for hydroxylation is 1. The van der Waals surface area contributed by atoms with Crippen LogP contribution < -0.4 is 0 Å². The molecular formula is C30H27FN2O6. The molecule has 1 amide bonds. The molecule has 0 radical (unpaired) electrons. The molecule has 1 saturated carbocycles. The molecule has 2 fully saturated rings. The van der Waals surface area contributed by atoms with Gasteiger partial charge in [0.15, 0.2) is 5.78 Å². The molecule has 1 heterocycles. The fourth-order valence-corrected chi connectivity index (χ4v) is 5.93. The van der Waals surface area contributed by atoms with Crippen molar-refractivity contribution in [2.45, 2.75) is 44.2 Å². The maximum absolute atomic E-state index is 14.4. The van der Waals surface area contributed by atoms with E-state index in [4.69, 9.17) is 0 Å². The number of likely N-dealkylation sites (tertiary alicyclic amines) is 1. The summed E-state index contributed by atoms with van der Waals surface area (Å²) in [4.78, 5) is 53.8. The number of Topliss-reactive ketones (excluding diaryl/α,β-unsaturated/α-hetero) is 1. The average molecular weight is 531 g/mol. The number of nitro benzene ring substituents is 1. The van der Waals surface area contributed by atoms with Gasteiger partial charge in [0.25, 0.3) is 5.69 Å². The number of rotatable bonds is 7. The summed E-state index contributed by atoms with van der Waals surface area (Å²) in [5, 5.41) is 22.4. The van der Waals surface area contributed by atoms with Gasteiger partial charge in [-0.25, -0.2) is 9.18 Å². The first-order valence-corrected chi connectivity index (χ1v) is 12.7. The number of non-ortho nitro benzene ring substituents is 1. The number of nitro groups is 1. The zero-order valence-electron chi connectivity index (χ0n) is 21.4. The van der Waals surface area contributed by atoms with E-state index in [2.05, 4.69) is 0 Å². The molecule has 0 spiro atoms. The lowest BCUT2D eigenvalue weighted by molar-refractivity contribution is -0.385. The van der Waals surface area contributed by atoms with Gasteiger partial charge in [0.05, 0.1) is 16.9 Å². The van der Waals surface area contributed by atoms with Crippen LogP contribution in [-0.2, 0) is 9.59 Å². The van der Waals surface area contributed by atoms with Crippen LogP contribution in [0.3, 0.4) is 0 Å². The van der Waals surface area contributed by atoms with E-state index < -0.39 is 57.7 Å². The molecule has 1 aliphatic heterocycles. The molecule has 3 aromatic rings. The van der Waals surface area contributed by atoms with Crippen LogP contribution in [0.5, 0.6) is 0 Å². The van der Waals surface area contributed by atoms with Gasteiger partial charge in [0, 0.05) is 29.5 Å². The third-order valence-electron chi connectivity index (χ3n) is 7.94. The molecule has 5 rings (SSSR count). The smallest absolute Gasteiger partial charge is 0.330 e. The summed E-state index contributed by atoms with van der Waals surface area (Å²) in [6, 6.07) is 16.7. The molecule has 2 aliphatic rings. The third-order valence-corrected chi connectivity index (χ3v) is 7.94. The summed E-state index contributed by atoms with van der Waals surface area (Å²) < 4.78 is 14.0. The van der Waals surface area contributed by atoms with Crippen molar-refractivity contribution in [2.24, 2.45) is 11.8 Å². The van der Waals surface area contributed by atoms with Crippen molar-refractivity contribution < 1.29 is 28.8 Å². The van der Waals surface area contributed by atoms with Crippen molar-refractivity contribution >= 4 is 23.3 Å². The van der Waals surface area contributed by atoms with Crippen LogP contribution in [0.25, 0.3) is 0 Å². The quantitative estimate of drug-likeness (QED) is 0.246. The minimum atomic E-state index is -1.91. The highest BCUT2D eigenvalue weighted by Crippen LogP contribution is 2.58. The first-order valence-electron chi connectivity index (χ1n) is 12.7. The van der Waals surface area contributed by atoms with Crippen molar-refractivity contribution in [2.75, 3.05) is 0 Å². The lowest BCUT2D eigenvalue weighted by Crippen LogP contribution is -2.54. The van der Waals surface area contributed by atoms with Crippen LogP contribution in [0.2, 0.25) is 0 Å². The van der Waals surface area contributed by atoms with E-state index in [1.54, 1.807) is 24.3 Å². The van der Waals surface area contributed by atoms with Gasteiger partial charge < -0.3 is 10.0 Å². The van der Waals surface area contributed by atoms with Crippen molar-refractivity contribution in [3.8, 4) is 0 Å². The number of benzene rings is 3. The van der Waals surface area contributed by atoms with E-state index in [-0.39, 0.29) is 5.69 Å². The lowest BCUT2D eigenvalue weighted by atomic mass is 9.71. The van der Waals surface area contributed by atoms with Crippen molar-refractivity contribution in [3.63, 3.8) is 0 Å². The van der Waals surface area contributed by atoms with Gasteiger partial charge in [-0.3, -0.25) is 19.7 Å². The highest BCUT2D eigenvalue weighted by molar-refractivity contribution is 6.02. The van der Waals surface area contributed by atoms with Gasteiger partial charge in [-0.2, -0.15) is 0 Å². The van der Waals surface area contributed by atoms with E-state index in [0.29, 0.717) is 29.5 Å². The van der Waals surface area contributed by atoms with Crippen LogP contribution in [0, 0.1) is 34.7 Å². The molecule has 4 unspecified atom stereocenters. The molecule has 200 valence electrons. The second-order valence-corrected chi connectivity index (χ2v) is 10.5. The Kier molecular flexibility index (Phi) is 6.54. The molecular weight excluding hydrogens is 503 g/mol. The predicted octanol–water partition coefficient (Wildman–Crippen LogP) is 5.46. The number of aliphatic carboxylic acids is 1. The summed E-state index contributed by atoms with van der Waals surface area (Å²) in [6.07, 6.45) is 1.18. The van der Waals surface area contributed by atoms with E-state index >= 15 is 0 Å². The number of amides is 1. The topological polar surface area (TPSA) is 118 Å². The number of hydrogen-bond acceptors (Lipinski definition) is 5. The summed E-state index contributed by atoms with van der Waals surface area (Å²) >= 11 is 0. The maximum Gasteiger partial charge on any atom is 0.330 e. The summed E-state index contributed by atoms with van der Waals surface area (Å²) in [5.74, 6) is -5.26. The molecule has 1 aliphatic carbocycles. The van der Waals surface area contributed by atoms with Crippen molar-refractivity contribution in [1.82, 2.24) is 4.90 Å². The van der Waals surface area contributed by atoms with Crippen molar-refractivity contribution in [3.05, 3.63) is 111 Å². The Morgan fingerprint density at radius 3 is 2.26 bits per heavy atom. The predicted molar refractivity (Wildman–Crippen MR) is 140 cm³/mol. The number of hydrogen-bond donors (Lipinski definition) is 1. The molecule has 1 saturated heterocycles. The Labute approximate surface area is 224 Å². The fourth-order valence-electron chi connectivity index (χ4n) is 5.93. The highest BCUT2D eigenvalue weighted by atomic mass is 19.1. The zero-order valence-corrected chi connectivity index (χ0v) is 21.4. The van der Waals surface area contributed by atoms with E-state index in [1.165, 1.54) is 54.3 Å². The maximum atomic E-state index is 14.4. The lowest BCUT2D eigenvalue weighted by Gasteiger charge is -2.38. The SMILES string of the molecule is Cc1cccc(C(=O)C2C(c3cccc([N+](=O)[O-])c3)N(C(=O)C3CC3)C(C)(C(=O)O)C2c2ccc(F)cc2)c1. The van der Waals surface area contributed by atoms with Gasteiger partial charge in [-0.05, 0) is 56.0 Å². The molecule has 0 aromatic heterocycles. The van der Waals surface area contributed by atoms with Crippen LogP contribution in [0.4, 0.5) is 10.1 Å². The molecule has 39 heavy (non-hydrogen) atoms. The summed E-state index contributed by atoms with van der Waals surface area (Å²) in [6.45, 7) is 3.24. The first kappa shape index (κ1) is 26.2. The van der Waals surface area contributed by atoms with Crippen LogP contribution in [0.1, 0.15) is 58.8 Å². The molecule has 1 N–H and O–H groups in total. The molecule has 3 aromatic carbocycles. The second-order valence-electron chi connectivity index (χ2n) is 10.5. The Balaban J connectivity index is 1.81. The van der Waals surface area contributed by atoms with Gasteiger partial charge >= 0.3 is 5.97 Å². The number of carboxylic acid groups (broad SMARTS) is 1. The summed E-state index contributed by atoms with van der Waals surface area (Å²) in [5.41, 5.74) is -0.325. The number of carboxylic acids is 1. The van der Waals surface area contributed by atoms with E-state index in [0.717, 1.165) is 5.56 Å². The number of halogens is 1. The minimum Gasteiger partial charge on any atom is -0.479 e. The van der Waals surface area contributed by atoms with E-state index in [1.807, 2.05) is 13.0 Å². The molecule has 8 nitrogen and oxygen atoms in total. The Morgan fingerprint density at radius 1 is 1.00 bits per heavy atom. The second kappa shape index (κ2) is 9.72. The van der Waals surface area contributed by atoms with Crippen molar-refractivity contribution in [1.29, 1.82) is 0 Å². The molecule has 0 bridgehead atoms. The Bertz CT molecular complexity index is 1480. The monoisotopic (exact) mass is 530 g/mol. The van der Waals surface area contributed by atoms with Gasteiger partial charge in [-0.1, -0.05) is 48.0 Å². The zero-order chi connectivity index (χ0) is 28.1. The number of ketones is 1. The number of carbonyl (C=O) groups excluding carboxylic acids is 2. The Morgan fingerprint density at radius 2 is 1.67 bits per heavy atom. The third kappa shape index (κ3) is 4.47. The van der Waals surface area contributed by atoms with Crippen LogP contribution in [0.15, 0.2) is 72.8 Å². The van der Waals surface area contributed by atoms with Gasteiger partial charge in [-0.15, -0.1) is 0 Å². The standard InChI is InChI=1S/C30H27FN2O6/c1-17-5-3-7-21(15-17)27(34)24-25(18-11-13-22(31)14-12-18)30(2,29(36)37)32(28(35)19-9-10-19)26(24)20-6-4-8-23(16-20)33(38)39/h3-8,11-16,19,24-26H,9-10H2,1-2H3,(H,36,37). The first-order chi connectivity index (χ1) is 18.5. The number of carbonyl (C=O) groups is 3. The van der Waals surface area contributed by atoms with Crippen LogP contribution in [-0.4, -0.2) is 38.1 Å². The molecule has 4 atom stereocenters. The van der Waals surface area contributed by atoms with E-state index in [9.17, 15) is 34.0 Å². The largest absolute Gasteiger partial charge is 0.479 e.